The van der Waals surface area contributed by atoms with Gasteiger partial charge in [0.1, 0.15) is 5.69 Å². The summed E-state index contributed by atoms with van der Waals surface area (Å²) in [7, 11) is 0. The van der Waals surface area contributed by atoms with E-state index in [4.69, 9.17) is 0 Å². The summed E-state index contributed by atoms with van der Waals surface area (Å²) in [6.07, 6.45) is 3.38. The fraction of sp³-hybridized carbons (Fsp3) is 0.250. The minimum atomic E-state index is 0.730. The van der Waals surface area contributed by atoms with E-state index >= 15 is 0 Å². The van der Waals surface area contributed by atoms with Crippen LogP contribution in [0.25, 0.3) is 0 Å². The Bertz CT molecular complexity index is 264. The molecular formula is C8H8N2. The highest BCUT2D eigenvalue weighted by Gasteiger charge is 1.86. The molecule has 0 fully saturated rings. The first-order valence-corrected chi connectivity index (χ1v) is 3.04. The first-order valence-electron chi connectivity index (χ1n) is 3.04. The average molecular weight is 132 g/mol. The van der Waals surface area contributed by atoms with Crippen LogP contribution in [-0.4, -0.2) is 9.97 Å². The van der Waals surface area contributed by atoms with Crippen LogP contribution in [0.2, 0.25) is 0 Å². The fourth-order valence-corrected chi connectivity index (χ4v) is 0.585. The van der Waals surface area contributed by atoms with Gasteiger partial charge in [-0.3, -0.25) is 4.98 Å². The third-order valence-electron chi connectivity index (χ3n) is 1.03. The van der Waals surface area contributed by atoms with Gasteiger partial charge in [-0.05, 0) is 19.8 Å². The van der Waals surface area contributed by atoms with Crippen molar-refractivity contribution in [2.24, 2.45) is 0 Å². The van der Waals surface area contributed by atoms with Crippen LogP contribution >= 0.6 is 0 Å². The zero-order chi connectivity index (χ0) is 7.40. The molecule has 0 aromatic carbocycles. The number of hydrogen-bond acceptors (Lipinski definition) is 2. The normalized spacial score (nSPS) is 8.20. The molecule has 10 heavy (non-hydrogen) atoms. The van der Waals surface area contributed by atoms with E-state index in [-0.39, 0.29) is 0 Å². The molecule has 1 aromatic rings. The predicted octanol–water partition coefficient (Wildman–Crippen LogP) is 1.16. The lowest BCUT2D eigenvalue weighted by Gasteiger charge is -1.88. The van der Waals surface area contributed by atoms with Crippen molar-refractivity contribution in [3.05, 3.63) is 23.8 Å². The summed E-state index contributed by atoms with van der Waals surface area (Å²) in [6, 6.07) is 0. The van der Waals surface area contributed by atoms with Crippen LogP contribution in [0.5, 0.6) is 0 Å². The Hall–Kier alpha value is -1.36. The highest BCUT2D eigenvalue weighted by Crippen LogP contribution is 1.90. The van der Waals surface area contributed by atoms with Crippen molar-refractivity contribution < 1.29 is 0 Å². The average Bonchev–Trinajstić information content (AvgIpc) is 1.95. The first-order chi connectivity index (χ1) is 4.83. The van der Waals surface area contributed by atoms with Gasteiger partial charge in [0.25, 0.3) is 0 Å². The Kier molecular flexibility index (Phi) is 2.01. The van der Waals surface area contributed by atoms with Crippen molar-refractivity contribution >= 4 is 0 Å². The standard InChI is InChI=1S/C8H8N2/c1-3-4-8-6-9-7(2)5-10-8/h5-6H,1-2H3. The lowest BCUT2D eigenvalue weighted by atomic mass is 10.4. The number of aromatic nitrogens is 2. The largest absolute Gasteiger partial charge is 0.257 e. The number of aryl methyl sites for hydroxylation is 1. The molecule has 0 spiro atoms. The minimum absolute atomic E-state index is 0.730. The second-order valence-electron chi connectivity index (χ2n) is 1.92. The Morgan fingerprint density at radius 3 is 2.60 bits per heavy atom. The molecule has 0 amide bonds. The maximum atomic E-state index is 4.03. The van der Waals surface area contributed by atoms with Gasteiger partial charge in [-0.25, -0.2) is 4.98 Å². The molecule has 1 rings (SSSR count). The fourth-order valence-electron chi connectivity index (χ4n) is 0.585. The molecule has 0 unspecified atom stereocenters. The summed E-state index contributed by atoms with van der Waals surface area (Å²) in [4.78, 5) is 8.06. The summed E-state index contributed by atoms with van der Waals surface area (Å²) in [5.41, 5.74) is 1.65. The van der Waals surface area contributed by atoms with Crippen LogP contribution in [0.1, 0.15) is 18.3 Å². The highest BCUT2D eigenvalue weighted by molar-refractivity contribution is 5.23. The van der Waals surface area contributed by atoms with Crippen LogP contribution in [0.15, 0.2) is 12.4 Å². The zero-order valence-electron chi connectivity index (χ0n) is 6.05. The van der Waals surface area contributed by atoms with Gasteiger partial charge in [-0.15, -0.1) is 0 Å². The van der Waals surface area contributed by atoms with Gasteiger partial charge in [-0.1, -0.05) is 5.92 Å². The lowest BCUT2D eigenvalue weighted by Crippen LogP contribution is -1.86. The second kappa shape index (κ2) is 2.98. The molecule has 1 heterocycles. The van der Waals surface area contributed by atoms with Crippen LogP contribution < -0.4 is 0 Å². The topological polar surface area (TPSA) is 25.8 Å². The molecule has 50 valence electrons. The zero-order valence-corrected chi connectivity index (χ0v) is 6.05. The van der Waals surface area contributed by atoms with Gasteiger partial charge in [-0.2, -0.15) is 0 Å². The molecule has 2 heteroatoms. The SMILES string of the molecule is CC#Cc1cnc(C)cn1. The van der Waals surface area contributed by atoms with Gasteiger partial charge in [0.15, 0.2) is 0 Å². The smallest absolute Gasteiger partial charge is 0.131 e. The Labute approximate surface area is 60.3 Å². The van der Waals surface area contributed by atoms with Crippen molar-refractivity contribution in [2.45, 2.75) is 13.8 Å². The molecule has 0 atom stereocenters. The van der Waals surface area contributed by atoms with E-state index < -0.39 is 0 Å². The van der Waals surface area contributed by atoms with Gasteiger partial charge >= 0.3 is 0 Å². The van der Waals surface area contributed by atoms with Gasteiger partial charge in [0.2, 0.25) is 0 Å². The monoisotopic (exact) mass is 132 g/mol. The number of rotatable bonds is 0. The molecule has 0 saturated carbocycles. The molecule has 0 aliphatic carbocycles. The van der Waals surface area contributed by atoms with Crippen molar-refractivity contribution in [2.75, 3.05) is 0 Å². The molecule has 0 radical (unpaired) electrons. The van der Waals surface area contributed by atoms with Crippen molar-refractivity contribution in [3.63, 3.8) is 0 Å². The summed E-state index contributed by atoms with van der Waals surface area (Å²) < 4.78 is 0. The third kappa shape index (κ3) is 1.56. The van der Waals surface area contributed by atoms with Gasteiger partial charge < -0.3 is 0 Å². The van der Waals surface area contributed by atoms with E-state index in [0.29, 0.717) is 0 Å². The molecule has 0 aliphatic heterocycles. The Morgan fingerprint density at radius 1 is 1.30 bits per heavy atom. The number of hydrogen-bond donors (Lipinski definition) is 0. The maximum absolute atomic E-state index is 4.03. The lowest BCUT2D eigenvalue weighted by molar-refractivity contribution is 1.10. The van der Waals surface area contributed by atoms with Crippen molar-refractivity contribution in [1.82, 2.24) is 9.97 Å². The van der Waals surface area contributed by atoms with E-state index in [1.807, 2.05) is 6.92 Å². The molecule has 0 N–H and O–H groups in total. The molecule has 0 bridgehead atoms. The quantitative estimate of drug-likeness (QED) is 0.495. The van der Waals surface area contributed by atoms with Gasteiger partial charge in [0, 0.05) is 6.20 Å². The summed E-state index contributed by atoms with van der Waals surface area (Å²) in [5, 5.41) is 0. The summed E-state index contributed by atoms with van der Waals surface area (Å²) in [5.74, 6) is 5.56. The van der Waals surface area contributed by atoms with E-state index in [9.17, 15) is 0 Å². The van der Waals surface area contributed by atoms with Crippen LogP contribution in [-0.2, 0) is 0 Å². The Balaban J connectivity index is 2.97. The molecule has 1 aromatic heterocycles. The van der Waals surface area contributed by atoms with Crippen molar-refractivity contribution in [1.29, 1.82) is 0 Å². The van der Waals surface area contributed by atoms with E-state index in [2.05, 4.69) is 21.8 Å². The summed E-state index contributed by atoms with van der Waals surface area (Å²) in [6.45, 7) is 3.68. The number of nitrogens with zero attached hydrogens (tertiary/aromatic N) is 2. The first kappa shape index (κ1) is 6.76. The maximum Gasteiger partial charge on any atom is 0.131 e. The van der Waals surface area contributed by atoms with E-state index in [1.165, 1.54) is 0 Å². The van der Waals surface area contributed by atoms with E-state index in [1.54, 1.807) is 19.3 Å². The summed E-state index contributed by atoms with van der Waals surface area (Å²) >= 11 is 0. The predicted molar refractivity (Wildman–Crippen MR) is 39.3 cm³/mol. The Morgan fingerprint density at radius 2 is 2.10 bits per heavy atom. The van der Waals surface area contributed by atoms with Gasteiger partial charge in [0.05, 0.1) is 11.9 Å². The third-order valence-corrected chi connectivity index (χ3v) is 1.03. The molecule has 2 nitrogen and oxygen atoms in total. The minimum Gasteiger partial charge on any atom is -0.257 e. The van der Waals surface area contributed by atoms with Crippen molar-refractivity contribution in [3.8, 4) is 11.8 Å². The molecule has 0 saturated heterocycles. The van der Waals surface area contributed by atoms with E-state index in [0.717, 1.165) is 11.4 Å². The second-order valence-corrected chi connectivity index (χ2v) is 1.92. The van der Waals surface area contributed by atoms with Crippen LogP contribution in [0.3, 0.4) is 0 Å². The van der Waals surface area contributed by atoms with Crippen LogP contribution in [0.4, 0.5) is 0 Å². The van der Waals surface area contributed by atoms with Crippen LogP contribution in [0, 0.1) is 18.8 Å². The molecular weight excluding hydrogens is 124 g/mol. The highest BCUT2D eigenvalue weighted by atomic mass is 14.8. The molecule has 0 aliphatic rings.